The van der Waals surface area contributed by atoms with Gasteiger partial charge in [-0.25, -0.2) is 0 Å². The summed E-state index contributed by atoms with van der Waals surface area (Å²) in [5.41, 5.74) is 2.59. The molecule has 5 nitrogen and oxygen atoms in total. The molecule has 0 amide bonds. The van der Waals surface area contributed by atoms with E-state index in [1.807, 2.05) is 4.57 Å². The number of carbonyl (C=O) groups excluding carboxylic acids is 1. The Morgan fingerprint density at radius 2 is 1.92 bits per heavy atom. The number of carboxylic acid groups (broad SMARTS) is 1. The Bertz CT molecular complexity index is 959. The quantitative estimate of drug-likeness (QED) is 0.398. The normalized spacial score (nSPS) is 13.6. The minimum atomic E-state index is -1.12. The molecule has 0 spiro atoms. The number of aromatic nitrogens is 3. The van der Waals surface area contributed by atoms with Gasteiger partial charge < -0.3 is 9.90 Å². The first-order chi connectivity index (χ1) is 12.1. The molecular weight excluding hydrogens is 425 g/mol. The fourth-order valence-corrected chi connectivity index (χ4v) is 4.22. The number of carbonyl (C=O) groups is 1. The number of thioether (sulfide) groups is 1. The van der Waals surface area contributed by atoms with Crippen LogP contribution in [0.1, 0.15) is 29.9 Å². The van der Waals surface area contributed by atoms with Gasteiger partial charge in [0.25, 0.3) is 0 Å². The Morgan fingerprint density at radius 1 is 1.19 bits per heavy atom. The fraction of sp³-hybridized carbons (Fsp3) is 0.278. The third kappa shape index (κ3) is 4.17. The third-order valence-electron chi connectivity index (χ3n) is 4.38. The largest absolute Gasteiger partial charge is 1.00 e. The number of nitrogens with zero attached hydrogens (tertiary/aromatic N) is 3. The number of halogens is 1. The van der Waals surface area contributed by atoms with E-state index >= 15 is 0 Å². The fourth-order valence-electron chi connectivity index (χ4n) is 3.08. The number of aliphatic carboxylic acids is 1. The molecule has 0 radical (unpaired) electrons. The van der Waals surface area contributed by atoms with Crippen molar-refractivity contribution in [3.05, 3.63) is 52.3 Å². The van der Waals surface area contributed by atoms with Crippen LogP contribution in [0.3, 0.4) is 0 Å². The predicted octanol–water partition coefficient (Wildman–Crippen LogP) is -0.0345. The van der Waals surface area contributed by atoms with Gasteiger partial charge in [-0.05, 0) is 56.6 Å². The Labute approximate surface area is 186 Å². The van der Waals surface area contributed by atoms with Gasteiger partial charge in [-0.1, -0.05) is 48.2 Å². The van der Waals surface area contributed by atoms with E-state index in [1.54, 1.807) is 0 Å². The first kappa shape index (κ1) is 19.9. The summed E-state index contributed by atoms with van der Waals surface area (Å²) in [5, 5.41) is 21.9. The van der Waals surface area contributed by atoms with Crippen LogP contribution < -0.4 is 34.7 Å². The minimum Gasteiger partial charge on any atom is -0.549 e. The van der Waals surface area contributed by atoms with Crippen LogP contribution in [-0.2, 0) is 11.3 Å². The van der Waals surface area contributed by atoms with E-state index < -0.39 is 5.97 Å². The van der Waals surface area contributed by atoms with Gasteiger partial charge in [-0.2, -0.15) is 0 Å². The average molecular weight is 440 g/mol. The van der Waals surface area contributed by atoms with Gasteiger partial charge in [-0.3, -0.25) is 4.57 Å². The zero-order valence-corrected chi connectivity index (χ0v) is 18.7. The number of fused-ring (bicyclic) bond motifs is 1. The minimum absolute atomic E-state index is 0. The van der Waals surface area contributed by atoms with E-state index in [0.29, 0.717) is 22.4 Å². The van der Waals surface area contributed by atoms with Crippen LogP contribution in [0.15, 0.2) is 46.3 Å². The number of carboxylic acids is 1. The van der Waals surface area contributed by atoms with Gasteiger partial charge in [0.15, 0.2) is 5.16 Å². The molecule has 1 fully saturated rings. The average Bonchev–Trinajstić information content (AvgIpc) is 3.39. The molecule has 3 aromatic rings. The molecule has 0 N–H and O–H groups in total. The number of benzene rings is 2. The summed E-state index contributed by atoms with van der Waals surface area (Å²) in [6.45, 7) is 0.578. The first-order valence-corrected chi connectivity index (χ1v) is 9.83. The molecule has 1 aliphatic rings. The molecule has 1 aromatic heterocycles. The summed E-state index contributed by atoms with van der Waals surface area (Å²) in [6.07, 6.45) is 2.54. The molecular formula is C18H15BrN3NaO2S. The van der Waals surface area contributed by atoms with Crippen molar-refractivity contribution < 1.29 is 39.5 Å². The summed E-state index contributed by atoms with van der Waals surface area (Å²) >= 11 is 4.52. The van der Waals surface area contributed by atoms with E-state index in [-0.39, 0.29) is 35.3 Å². The van der Waals surface area contributed by atoms with Gasteiger partial charge in [0, 0.05) is 5.75 Å². The van der Waals surface area contributed by atoms with E-state index in [9.17, 15) is 9.90 Å². The van der Waals surface area contributed by atoms with Crippen LogP contribution in [0.4, 0.5) is 0 Å². The van der Waals surface area contributed by atoms with Crippen molar-refractivity contribution in [2.45, 2.75) is 30.5 Å². The van der Waals surface area contributed by atoms with Crippen molar-refractivity contribution in [3.63, 3.8) is 0 Å². The molecule has 0 unspecified atom stereocenters. The van der Waals surface area contributed by atoms with Gasteiger partial charge in [0.05, 0.1) is 12.5 Å². The summed E-state index contributed by atoms with van der Waals surface area (Å²) in [6, 6.07) is 12.8. The second kappa shape index (κ2) is 8.44. The summed E-state index contributed by atoms with van der Waals surface area (Å²) in [7, 11) is 0. The van der Waals surface area contributed by atoms with Crippen LogP contribution in [0.2, 0.25) is 0 Å². The topological polar surface area (TPSA) is 70.8 Å². The van der Waals surface area contributed by atoms with Gasteiger partial charge in [0.2, 0.25) is 4.73 Å². The van der Waals surface area contributed by atoms with Crippen molar-refractivity contribution in [1.82, 2.24) is 14.8 Å². The molecule has 0 bridgehead atoms. The second-order valence-electron chi connectivity index (χ2n) is 6.13. The summed E-state index contributed by atoms with van der Waals surface area (Å²) in [5.74, 6) is -0.573. The van der Waals surface area contributed by atoms with Crippen LogP contribution in [0, 0.1) is 0 Å². The third-order valence-corrected chi connectivity index (χ3v) is 5.91. The van der Waals surface area contributed by atoms with Gasteiger partial charge >= 0.3 is 29.6 Å². The maximum atomic E-state index is 10.7. The Kier molecular flexibility index (Phi) is 6.45. The molecule has 26 heavy (non-hydrogen) atoms. The molecule has 0 atom stereocenters. The van der Waals surface area contributed by atoms with Crippen molar-refractivity contribution in [3.8, 4) is 0 Å². The number of hydrogen-bond donors (Lipinski definition) is 0. The van der Waals surface area contributed by atoms with E-state index in [2.05, 4.69) is 62.5 Å². The van der Waals surface area contributed by atoms with Crippen molar-refractivity contribution >= 4 is 44.4 Å². The zero-order valence-electron chi connectivity index (χ0n) is 14.3. The van der Waals surface area contributed by atoms with E-state index in [1.165, 1.54) is 29.2 Å². The van der Waals surface area contributed by atoms with Crippen LogP contribution >= 0.6 is 27.7 Å². The molecule has 1 saturated carbocycles. The predicted molar refractivity (Wildman–Crippen MR) is 98.5 cm³/mol. The van der Waals surface area contributed by atoms with Crippen LogP contribution in [0.5, 0.6) is 0 Å². The van der Waals surface area contributed by atoms with Crippen molar-refractivity contribution in [2.24, 2.45) is 0 Å². The van der Waals surface area contributed by atoms with E-state index in [0.717, 1.165) is 17.3 Å². The summed E-state index contributed by atoms with van der Waals surface area (Å²) < 4.78 is 2.47. The molecule has 2 aromatic carbocycles. The second-order valence-corrected chi connectivity index (χ2v) is 7.78. The van der Waals surface area contributed by atoms with Crippen LogP contribution in [-0.4, -0.2) is 26.5 Å². The standard InChI is InChI=1S/C18H16BrN3O2S.Na/c19-17-20-21-18(25-10-16(23)24)22(17)9-12-7-8-14(11-5-6-11)15-4-2-1-3-13(12)15;/h1-4,7-8,11H,5-6,9-10H2,(H,23,24);/q;+1/p-1. The van der Waals surface area contributed by atoms with Gasteiger partial charge in [-0.15, -0.1) is 10.2 Å². The molecule has 4 rings (SSSR count). The molecule has 128 valence electrons. The molecule has 0 aliphatic heterocycles. The molecule has 0 saturated heterocycles. The maximum absolute atomic E-state index is 10.7. The Morgan fingerprint density at radius 3 is 2.62 bits per heavy atom. The van der Waals surface area contributed by atoms with Gasteiger partial charge in [0.1, 0.15) is 0 Å². The molecule has 1 aliphatic carbocycles. The van der Waals surface area contributed by atoms with Crippen molar-refractivity contribution in [2.75, 3.05) is 5.75 Å². The van der Waals surface area contributed by atoms with Crippen LogP contribution in [0.25, 0.3) is 10.8 Å². The first-order valence-electron chi connectivity index (χ1n) is 8.05. The summed E-state index contributed by atoms with van der Waals surface area (Å²) in [4.78, 5) is 10.7. The molecule has 1 heterocycles. The van der Waals surface area contributed by atoms with E-state index in [4.69, 9.17) is 0 Å². The SMILES string of the molecule is O=C([O-])CSc1nnc(Br)n1Cc1ccc(C2CC2)c2ccccc12.[Na+]. The zero-order chi connectivity index (χ0) is 17.4. The molecule has 8 heteroatoms. The van der Waals surface area contributed by atoms with Crippen molar-refractivity contribution in [1.29, 1.82) is 0 Å². The maximum Gasteiger partial charge on any atom is 1.00 e. The number of hydrogen-bond acceptors (Lipinski definition) is 5. The number of rotatable bonds is 6. The monoisotopic (exact) mass is 439 g/mol. The smallest absolute Gasteiger partial charge is 0.549 e. The Balaban J connectivity index is 0.00000196. The Hall–Kier alpha value is -0.860.